The first-order valence-corrected chi connectivity index (χ1v) is 5.12. The maximum absolute atomic E-state index is 11.4. The van der Waals surface area contributed by atoms with Gasteiger partial charge in [-0.15, -0.1) is 0 Å². The molecule has 3 nitrogen and oxygen atoms in total. The van der Waals surface area contributed by atoms with Crippen LogP contribution in [-0.2, 0) is 9.53 Å². The first-order chi connectivity index (χ1) is 6.31. The van der Waals surface area contributed by atoms with Crippen molar-refractivity contribution in [2.75, 3.05) is 6.61 Å². The molecule has 3 fully saturated rings. The standard InChI is InChI=1S/C10H14O3/c11-4-5-3-7-9-6(5)1-2-8(9)13-10(7)12/h5-9,11H,1-4H2/t5-,6+,7-,8+,9+/m1/s1. The Labute approximate surface area is 77.1 Å². The van der Waals surface area contributed by atoms with E-state index in [1.54, 1.807) is 0 Å². The van der Waals surface area contributed by atoms with E-state index in [0.717, 1.165) is 19.3 Å². The van der Waals surface area contributed by atoms with Crippen molar-refractivity contribution < 1.29 is 14.6 Å². The number of ether oxygens (including phenoxy) is 1. The van der Waals surface area contributed by atoms with Crippen molar-refractivity contribution in [1.29, 1.82) is 0 Å². The third-order valence-corrected chi connectivity index (χ3v) is 4.14. The topological polar surface area (TPSA) is 46.5 Å². The number of carbonyl (C=O) groups is 1. The van der Waals surface area contributed by atoms with Gasteiger partial charge in [-0.1, -0.05) is 0 Å². The van der Waals surface area contributed by atoms with Crippen LogP contribution < -0.4 is 0 Å². The van der Waals surface area contributed by atoms with Gasteiger partial charge in [-0.3, -0.25) is 4.79 Å². The van der Waals surface area contributed by atoms with Gasteiger partial charge in [0.1, 0.15) is 6.10 Å². The zero-order chi connectivity index (χ0) is 9.00. The van der Waals surface area contributed by atoms with E-state index in [4.69, 9.17) is 4.74 Å². The average Bonchev–Trinajstić information content (AvgIpc) is 2.70. The van der Waals surface area contributed by atoms with Crippen molar-refractivity contribution in [2.45, 2.75) is 25.4 Å². The smallest absolute Gasteiger partial charge is 0.309 e. The van der Waals surface area contributed by atoms with Crippen LogP contribution in [-0.4, -0.2) is 23.8 Å². The van der Waals surface area contributed by atoms with E-state index >= 15 is 0 Å². The van der Waals surface area contributed by atoms with Crippen LogP contribution in [0, 0.1) is 23.7 Å². The molecular formula is C10H14O3. The van der Waals surface area contributed by atoms with Gasteiger partial charge in [-0.05, 0) is 31.1 Å². The number of aliphatic hydroxyl groups excluding tert-OH is 1. The predicted octanol–water partition coefficient (Wildman–Crippen LogP) is 0.566. The second-order valence-electron chi connectivity index (χ2n) is 4.58. The van der Waals surface area contributed by atoms with E-state index < -0.39 is 0 Å². The summed E-state index contributed by atoms with van der Waals surface area (Å²) >= 11 is 0. The minimum Gasteiger partial charge on any atom is -0.462 e. The van der Waals surface area contributed by atoms with Crippen LogP contribution in [0.2, 0.25) is 0 Å². The number of aliphatic hydroxyl groups is 1. The van der Waals surface area contributed by atoms with Crippen LogP contribution in [0.4, 0.5) is 0 Å². The van der Waals surface area contributed by atoms with Gasteiger partial charge in [-0.25, -0.2) is 0 Å². The molecular weight excluding hydrogens is 168 g/mol. The van der Waals surface area contributed by atoms with Gasteiger partial charge in [0, 0.05) is 12.5 Å². The summed E-state index contributed by atoms with van der Waals surface area (Å²) < 4.78 is 5.29. The third kappa shape index (κ3) is 0.857. The predicted molar refractivity (Wildman–Crippen MR) is 44.8 cm³/mol. The molecule has 3 heteroatoms. The Balaban J connectivity index is 1.92. The molecule has 0 aromatic carbocycles. The van der Waals surface area contributed by atoms with Gasteiger partial charge < -0.3 is 9.84 Å². The Morgan fingerprint density at radius 3 is 3.08 bits per heavy atom. The molecule has 0 bridgehead atoms. The number of carbonyl (C=O) groups excluding carboxylic acids is 1. The van der Waals surface area contributed by atoms with Crippen molar-refractivity contribution in [3.8, 4) is 0 Å². The highest BCUT2D eigenvalue weighted by Gasteiger charge is 2.58. The largest absolute Gasteiger partial charge is 0.462 e. The maximum Gasteiger partial charge on any atom is 0.309 e. The Bertz CT molecular complexity index is 251. The van der Waals surface area contributed by atoms with Gasteiger partial charge in [0.25, 0.3) is 0 Å². The number of esters is 1. The molecule has 1 N–H and O–H groups in total. The summed E-state index contributed by atoms with van der Waals surface area (Å²) in [6, 6.07) is 0. The summed E-state index contributed by atoms with van der Waals surface area (Å²) in [6.07, 6.45) is 3.22. The van der Waals surface area contributed by atoms with Crippen LogP contribution in [0.15, 0.2) is 0 Å². The van der Waals surface area contributed by atoms with Crippen molar-refractivity contribution >= 4 is 5.97 Å². The van der Waals surface area contributed by atoms with Gasteiger partial charge in [0.05, 0.1) is 5.92 Å². The molecule has 0 radical (unpaired) electrons. The molecule has 72 valence electrons. The SMILES string of the molecule is O=C1O[C@H]2CC[C@H]3[C@@H](CO)C[C@@H]1[C@H]32. The Hall–Kier alpha value is -0.570. The molecule has 5 atom stereocenters. The molecule has 2 aliphatic carbocycles. The summed E-state index contributed by atoms with van der Waals surface area (Å²) in [5.41, 5.74) is 0. The van der Waals surface area contributed by atoms with Gasteiger partial charge in [0.2, 0.25) is 0 Å². The number of hydrogen-bond donors (Lipinski definition) is 1. The van der Waals surface area contributed by atoms with E-state index in [1.807, 2.05) is 0 Å². The highest BCUT2D eigenvalue weighted by atomic mass is 16.6. The number of hydrogen-bond acceptors (Lipinski definition) is 3. The zero-order valence-corrected chi connectivity index (χ0v) is 7.48. The summed E-state index contributed by atoms with van der Waals surface area (Å²) in [6.45, 7) is 0.248. The molecule has 0 amide bonds. The van der Waals surface area contributed by atoms with Gasteiger partial charge in [-0.2, -0.15) is 0 Å². The molecule has 0 unspecified atom stereocenters. The second-order valence-corrected chi connectivity index (χ2v) is 4.58. The lowest BCUT2D eigenvalue weighted by molar-refractivity contribution is -0.144. The summed E-state index contributed by atoms with van der Waals surface area (Å²) in [4.78, 5) is 11.4. The van der Waals surface area contributed by atoms with E-state index in [-0.39, 0.29) is 24.6 Å². The van der Waals surface area contributed by atoms with E-state index in [9.17, 15) is 9.90 Å². The van der Waals surface area contributed by atoms with Crippen LogP contribution in [0.5, 0.6) is 0 Å². The van der Waals surface area contributed by atoms with E-state index in [0.29, 0.717) is 17.8 Å². The van der Waals surface area contributed by atoms with Crippen molar-refractivity contribution in [3.63, 3.8) is 0 Å². The fourth-order valence-electron chi connectivity index (χ4n) is 3.62. The molecule has 2 saturated carbocycles. The quantitative estimate of drug-likeness (QED) is 0.603. The van der Waals surface area contributed by atoms with Crippen LogP contribution in [0.25, 0.3) is 0 Å². The fourth-order valence-corrected chi connectivity index (χ4v) is 3.62. The number of rotatable bonds is 1. The molecule has 0 aromatic heterocycles. The maximum atomic E-state index is 11.4. The fraction of sp³-hybridized carbons (Fsp3) is 0.900. The first-order valence-electron chi connectivity index (χ1n) is 5.12. The molecule has 0 spiro atoms. The second kappa shape index (κ2) is 2.47. The van der Waals surface area contributed by atoms with E-state index in [1.165, 1.54) is 0 Å². The average molecular weight is 182 g/mol. The molecule has 1 saturated heterocycles. The normalized spacial score (nSPS) is 52.4. The Morgan fingerprint density at radius 2 is 2.31 bits per heavy atom. The lowest BCUT2D eigenvalue weighted by Crippen LogP contribution is -2.17. The molecule has 3 aliphatic rings. The minimum absolute atomic E-state index is 0.00403. The lowest BCUT2D eigenvalue weighted by atomic mass is 9.91. The van der Waals surface area contributed by atoms with Gasteiger partial charge >= 0.3 is 5.97 Å². The van der Waals surface area contributed by atoms with E-state index in [2.05, 4.69) is 0 Å². The summed E-state index contributed by atoms with van der Waals surface area (Å²) in [7, 11) is 0. The molecule has 13 heavy (non-hydrogen) atoms. The van der Waals surface area contributed by atoms with Crippen LogP contribution in [0.1, 0.15) is 19.3 Å². The first kappa shape index (κ1) is 7.80. The Morgan fingerprint density at radius 1 is 1.46 bits per heavy atom. The van der Waals surface area contributed by atoms with Crippen LogP contribution >= 0.6 is 0 Å². The molecule has 1 heterocycles. The highest BCUT2D eigenvalue weighted by Crippen LogP contribution is 2.55. The monoisotopic (exact) mass is 182 g/mol. The molecule has 3 rings (SSSR count). The summed E-state index contributed by atoms with van der Waals surface area (Å²) in [5, 5.41) is 9.18. The van der Waals surface area contributed by atoms with Gasteiger partial charge in [0.15, 0.2) is 0 Å². The highest BCUT2D eigenvalue weighted by molar-refractivity contribution is 5.76. The Kier molecular flexibility index (Phi) is 1.48. The van der Waals surface area contributed by atoms with Crippen LogP contribution in [0.3, 0.4) is 0 Å². The van der Waals surface area contributed by atoms with Crippen molar-refractivity contribution in [2.24, 2.45) is 23.7 Å². The lowest BCUT2D eigenvalue weighted by Gasteiger charge is -2.15. The summed E-state index contributed by atoms with van der Waals surface area (Å²) in [5.74, 6) is 1.49. The zero-order valence-electron chi connectivity index (χ0n) is 7.48. The molecule has 1 aliphatic heterocycles. The van der Waals surface area contributed by atoms with Crippen molar-refractivity contribution in [1.82, 2.24) is 0 Å². The third-order valence-electron chi connectivity index (χ3n) is 4.14. The van der Waals surface area contributed by atoms with Crippen molar-refractivity contribution in [3.05, 3.63) is 0 Å². The molecule has 0 aromatic rings. The minimum atomic E-state index is -0.00403.